The molecule has 0 radical (unpaired) electrons. The third-order valence-electron chi connectivity index (χ3n) is 5.25. The van der Waals surface area contributed by atoms with Crippen LogP contribution in [0.2, 0.25) is 0 Å². The largest absolute Gasteiger partial charge is 0.487 e. The van der Waals surface area contributed by atoms with E-state index in [-0.39, 0.29) is 5.91 Å². The minimum atomic E-state index is -0.0192. The van der Waals surface area contributed by atoms with Crippen LogP contribution in [0.25, 0.3) is 0 Å². The number of aryl methyl sites for hydroxylation is 1. The first kappa shape index (κ1) is 20.0. The summed E-state index contributed by atoms with van der Waals surface area (Å²) in [5.41, 5.74) is 4.49. The maximum atomic E-state index is 12.4. The van der Waals surface area contributed by atoms with Crippen LogP contribution in [-0.4, -0.2) is 17.4 Å². The Labute approximate surface area is 177 Å². The number of carbonyl (C=O) groups is 1. The summed E-state index contributed by atoms with van der Waals surface area (Å²) in [5, 5.41) is 6.42. The van der Waals surface area contributed by atoms with Crippen molar-refractivity contribution in [3.8, 4) is 5.75 Å². The monoisotopic (exact) mass is 401 g/mol. The molecule has 0 bridgehead atoms. The Bertz CT molecular complexity index is 1000. The van der Waals surface area contributed by atoms with Crippen LogP contribution in [0.4, 0.5) is 11.4 Å². The molecule has 0 saturated heterocycles. The number of rotatable bonds is 9. The standard InChI is InChI=1S/C25H27N3O2/c1-18-15-23(30-17-22-6-2-3-13-26-22)10-11-24(18)28-21-7-4-5-20(16-21)25(29)27-14-12-19-8-9-19/h2-7,10-11,13,15-16,19,28H,8-9,12,14,17H2,1H3,(H,27,29). The van der Waals surface area contributed by atoms with Crippen molar-refractivity contribution in [2.75, 3.05) is 11.9 Å². The fourth-order valence-corrected chi connectivity index (χ4v) is 3.30. The van der Waals surface area contributed by atoms with Gasteiger partial charge < -0.3 is 15.4 Å². The molecule has 2 N–H and O–H groups in total. The molecule has 1 heterocycles. The lowest BCUT2D eigenvalue weighted by atomic mass is 10.1. The molecule has 3 aromatic rings. The van der Waals surface area contributed by atoms with Crippen molar-refractivity contribution in [3.05, 3.63) is 83.7 Å². The highest BCUT2D eigenvalue weighted by Crippen LogP contribution is 2.31. The van der Waals surface area contributed by atoms with Crippen LogP contribution in [0, 0.1) is 12.8 Å². The average molecular weight is 402 g/mol. The van der Waals surface area contributed by atoms with Crippen LogP contribution in [0.5, 0.6) is 5.75 Å². The second-order valence-electron chi connectivity index (χ2n) is 7.78. The Morgan fingerprint density at radius 3 is 2.77 bits per heavy atom. The summed E-state index contributed by atoms with van der Waals surface area (Å²) in [7, 11) is 0. The van der Waals surface area contributed by atoms with Crippen molar-refractivity contribution in [1.29, 1.82) is 0 Å². The van der Waals surface area contributed by atoms with Crippen molar-refractivity contribution in [2.24, 2.45) is 5.92 Å². The van der Waals surface area contributed by atoms with Crippen molar-refractivity contribution in [2.45, 2.75) is 32.8 Å². The van der Waals surface area contributed by atoms with Gasteiger partial charge in [-0.15, -0.1) is 0 Å². The number of hydrogen-bond donors (Lipinski definition) is 2. The topological polar surface area (TPSA) is 63.2 Å². The summed E-state index contributed by atoms with van der Waals surface area (Å²) in [5.74, 6) is 1.60. The number of aromatic nitrogens is 1. The van der Waals surface area contributed by atoms with Crippen molar-refractivity contribution >= 4 is 17.3 Å². The lowest BCUT2D eigenvalue weighted by Crippen LogP contribution is -2.24. The third kappa shape index (κ3) is 5.60. The minimum Gasteiger partial charge on any atom is -0.487 e. The van der Waals surface area contributed by atoms with Gasteiger partial charge in [0.05, 0.1) is 5.69 Å². The average Bonchev–Trinajstić information content (AvgIpc) is 3.59. The molecule has 1 saturated carbocycles. The molecular formula is C25H27N3O2. The number of carbonyl (C=O) groups excluding carboxylic acids is 1. The first-order valence-electron chi connectivity index (χ1n) is 10.5. The maximum absolute atomic E-state index is 12.4. The van der Waals surface area contributed by atoms with E-state index < -0.39 is 0 Å². The first-order valence-corrected chi connectivity index (χ1v) is 10.5. The number of nitrogens with zero attached hydrogens (tertiary/aromatic N) is 1. The molecular weight excluding hydrogens is 374 g/mol. The van der Waals surface area contributed by atoms with Gasteiger partial charge in [0.15, 0.2) is 0 Å². The third-order valence-corrected chi connectivity index (χ3v) is 5.25. The molecule has 1 aliphatic rings. The molecule has 5 nitrogen and oxygen atoms in total. The molecule has 0 aliphatic heterocycles. The van der Waals surface area contributed by atoms with Gasteiger partial charge in [-0.05, 0) is 73.4 Å². The number of amides is 1. The van der Waals surface area contributed by atoms with E-state index in [1.165, 1.54) is 12.8 Å². The Morgan fingerprint density at radius 1 is 1.10 bits per heavy atom. The summed E-state index contributed by atoms with van der Waals surface area (Å²) >= 11 is 0. The zero-order valence-corrected chi connectivity index (χ0v) is 17.2. The van der Waals surface area contributed by atoms with Crippen LogP contribution >= 0.6 is 0 Å². The Kier molecular flexibility index (Phi) is 6.28. The van der Waals surface area contributed by atoms with Gasteiger partial charge in [0.1, 0.15) is 12.4 Å². The van der Waals surface area contributed by atoms with Gasteiger partial charge in [0.25, 0.3) is 5.91 Å². The number of ether oxygens (including phenoxy) is 1. The SMILES string of the molecule is Cc1cc(OCc2ccccn2)ccc1Nc1cccc(C(=O)NCCC2CC2)c1. The van der Waals surface area contributed by atoms with Gasteiger partial charge in [0, 0.05) is 29.7 Å². The van der Waals surface area contributed by atoms with Gasteiger partial charge in [-0.25, -0.2) is 0 Å². The Balaban J connectivity index is 1.35. The summed E-state index contributed by atoms with van der Waals surface area (Å²) in [6.07, 6.45) is 5.46. The molecule has 1 fully saturated rings. The lowest BCUT2D eigenvalue weighted by Gasteiger charge is -2.13. The van der Waals surface area contributed by atoms with Gasteiger partial charge in [-0.1, -0.05) is 25.0 Å². The Morgan fingerprint density at radius 2 is 2.00 bits per heavy atom. The van der Waals surface area contributed by atoms with E-state index in [0.29, 0.717) is 12.2 Å². The van der Waals surface area contributed by atoms with Crippen LogP contribution in [-0.2, 0) is 6.61 Å². The van der Waals surface area contributed by atoms with E-state index in [4.69, 9.17) is 4.74 Å². The quantitative estimate of drug-likeness (QED) is 0.514. The number of hydrogen-bond acceptors (Lipinski definition) is 4. The number of pyridine rings is 1. The molecule has 1 aliphatic carbocycles. The smallest absolute Gasteiger partial charge is 0.251 e. The summed E-state index contributed by atoms with van der Waals surface area (Å²) in [6.45, 7) is 3.22. The van der Waals surface area contributed by atoms with E-state index in [9.17, 15) is 4.79 Å². The normalized spacial score (nSPS) is 13.0. The van der Waals surface area contributed by atoms with E-state index in [1.54, 1.807) is 6.20 Å². The highest BCUT2D eigenvalue weighted by molar-refractivity contribution is 5.95. The van der Waals surface area contributed by atoms with Crippen molar-refractivity contribution < 1.29 is 9.53 Å². The zero-order valence-electron chi connectivity index (χ0n) is 17.2. The predicted molar refractivity (Wildman–Crippen MR) is 119 cm³/mol. The number of anilines is 2. The molecule has 1 amide bonds. The lowest BCUT2D eigenvalue weighted by molar-refractivity contribution is 0.0952. The van der Waals surface area contributed by atoms with Crippen LogP contribution in [0.15, 0.2) is 66.9 Å². The molecule has 30 heavy (non-hydrogen) atoms. The summed E-state index contributed by atoms with van der Waals surface area (Å²) in [4.78, 5) is 16.7. The van der Waals surface area contributed by atoms with Crippen molar-refractivity contribution in [3.63, 3.8) is 0 Å². The van der Waals surface area contributed by atoms with Crippen molar-refractivity contribution in [1.82, 2.24) is 10.3 Å². The van der Waals surface area contributed by atoms with Crippen LogP contribution in [0.1, 0.15) is 40.9 Å². The maximum Gasteiger partial charge on any atom is 0.251 e. The molecule has 154 valence electrons. The highest BCUT2D eigenvalue weighted by atomic mass is 16.5. The predicted octanol–water partition coefficient (Wildman–Crippen LogP) is 5.24. The molecule has 0 unspecified atom stereocenters. The van der Waals surface area contributed by atoms with Gasteiger partial charge in [0.2, 0.25) is 0 Å². The summed E-state index contributed by atoms with van der Waals surface area (Å²) in [6, 6.07) is 19.3. The van der Waals surface area contributed by atoms with Gasteiger partial charge in [-0.3, -0.25) is 9.78 Å². The summed E-state index contributed by atoms with van der Waals surface area (Å²) < 4.78 is 5.84. The van der Waals surface area contributed by atoms with Gasteiger partial charge >= 0.3 is 0 Å². The van der Waals surface area contributed by atoms with E-state index in [0.717, 1.165) is 47.3 Å². The molecule has 0 spiro atoms. The second-order valence-corrected chi connectivity index (χ2v) is 7.78. The highest BCUT2D eigenvalue weighted by Gasteiger charge is 2.20. The van der Waals surface area contributed by atoms with Gasteiger partial charge in [-0.2, -0.15) is 0 Å². The minimum absolute atomic E-state index is 0.0192. The second kappa shape index (κ2) is 9.44. The zero-order chi connectivity index (χ0) is 20.8. The fourth-order valence-electron chi connectivity index (χ4n) is 3.30. The molecule has 0 atom stereocenters. The number of nitrogens with one attached hydrogen (secondary N) is 2. The molecule has 2 aromatic carbocycles. The van der Waals surface area contributed by atoms with Crippen LogP contribution in [0.3, 0.4) is 0 Å². The molecule has 4 rings (SSSR count). The molecule has 1 aromatic heterocycles. The van der Waals surface area contributed by atoms with E-state index in [2.05, 4.69) is 15.6 Å². The fraction of sp³-hybridized carbons (Fsp3) is 0.280. The van der Waals surface area contributed by atoms with E-state index >= 15 is 0 Å². The molecule has 5 heteroatoms. The van der Waals surface area contributed by atoms with E-state index in [1.807, 2.05) is 67.6 Å². The Hall–Kier alpha value is -3.34. The number of benzene rings is 2. The van der Waals surface area contributed by atoms with Crippen LogP contribution < -0.4 is 15.4 Å². The first-order chi connectivity index (χ1) is 14.7.